The SMILES string of the molecule is COc1ccc(C(=O)N(Cc2cc3ccc(C)cc3n3nnnc23)C[C@@H]2CCCO2)cc1. The number of carbonyl (C=O) groups excluding carboxylic acids is 1. The van der Waals surface area contributed by atoms with E-state index in [1.54, 1.807) is 35.9 Å². The van der Waals surface area contributed by atoms with Gasteiger partial charge in [0.1, 0.15) is 5.75 Å². The summed E-state index contributed by atoms with van der Waals surface area (Å²) in [6.07, 6.45) is 2.00. The largest absolute Gasteiger partial charge is 0.497 e. The quantitative estimate of drug-likeness (QED) is 0.465. The number of tetrazole rings is 1. The second kappa shape index (κ2) is 8.55. The van der Waals surface area contributed by atoms with Crippen LogP contribution in [0.1, 0.15) is 34.3 Å². The molecule has 1 aliphatic heterocycles. The third kappa shape index (κ3) is 3.89. The van der Waals surface area contributed by atoms with Crippen molar-refractivity contribution in [1.29, 1.82) is 0 Å². The van der Waals surface area contributed by atoms with E-state index in [0.29, 0.717) is 30.0 Å². The van der Waals surface area contributed by atoms with Crippen molar-refractivity contribution in [3.8, 4) is 5.75 Å². The summed E-state index contributed by atoms with van der Waals surface area (Å²) >= 11 is 0. The summed E-state index contributed by atoms with van der Waals surface area (Å²) in [5, 5.41) is 13.4. The number of methoxy groups -OCH3 is 1. The monoisotopic (exact) mass is 431 g/mol. The van der Waals surface area contributed by atoms with Crippen LogP contribution in [0.5, 0.6) is 5.75 Å². The summed E-state index contributed by atoms with van der Waals surface area (Å²) < 4.78 is 12.8. The topological polar surface area (TPSA) is 81.9 Å². The molecule has 8 nitrogen and oxygen atoms in total. The molecule has 8 heteroatoms. The second-order valence-corrected chi connectivity index (χ2v) is 8.20. The molecule has 1 aliphatic rings. The van der Waals surface area contributed by atoms with Crippen molar-refractivity contribution in [3.05, 3.63) is 65.2 Å². The maximum absolute atomic E-state index is 13.5. The van der Waals surface area contributed by atoms with Crippen molar-refractivity contribution in [3.63, 3.8) is 0 Å². The molecule has 0 bridgehead atoms. The molecule has 1 amide bonds. The number of benzene rings is 2. The zero-order chi connectivity index (χ0) is 22.1. The Hall–Kier alpha value is -3.52. The van der Waals surface area contributed by atoms with E-state index in [1.165, 1.54) is 0 Å². The molecular weight excluding hydrogens is 406 g/mol. The van der Waals surface area contributed by atoms with Gasteiger partial charge < -0.3 is 14.4 Å². The number of amides is 1. The molecular formula is C24H25N5O3. The molecule has 32 heavy (non-hydrogen) atoms. The van der Waals surface area contributed by atoms with Crippen LogP contribution in [0.3, 0.4) is 0 Å². The standard InChI is InChI=1S/C24H25N5O3/c1-16-5-6-18-13-19(23-25-26-27-29(23)22(18)12-16)14-28(15-21-4-3-11-32-21)24(30)17-7-9-20(31-2)10-8-17/h5-10,12-13,21H,3-4,11,14-15H2,1-2H3/t21-/m0/s1. The first kappa shape index (κ1) is 20.4. The van der Waals surface area contributed by atoms with Gasteiger partial charge in [-0.2, -0.15) is 4.52 Å². The molecule has 1 fully saturated rings. The molecule has 5 rings (SSSR count). The van der Waals surface area contributed by atoms with Gasteiger partial charge in [0, 0.05) is 36.2 Å². The van der Waals surface area contributed by atoms with Gasteiger partial charge in [-0.1, -0.05) is 12.1 Å². The second-order valence-electron chi connectivity index (χ2n) is 8.20. The normalized spacial score (nSPS) is 16.0. The highest BCUT2D eigenvalue weighted by Gasteiger charge is 2.25. The zero-order valence-electron chi connectivity index (χ0n) is 18.2. The van der Waals surface area contributed by atoms with Gasteiger partial charge in [0.25, 0.3) is 5.91 Å². The first-order valence-corrected chi connectivity index (χ1v) is 10.8. The molecule has 2 aromatic heterocycles. The van der Waals surface area contributed by atoms with Crippen LogP contribution in [-0.2, 0) is 11.3 Å². The lowest BCUT2D eigenvalue weighted by Gasteiger charge is -2.26. The number of rotatable bonds is 6. The predicted molar refractivity (Wildman–Crippen MR) is 120 cm³/mol. The smallest absolute Gasteiger partial charge is 0.254 e. The first-order valence-electron chi connectivity index (χ1n) is 10.8. The highest BCUT2D eigenvalue weighted by atomic mass is 16.5. The minimum atomic E-state index is -0.0576. The van der Waals surface area contributed by atoms with Gasteiger partial charge >= 0.3 is 0 Å². The van der Waals surface area contributed by atoms with E-state index in [4.69, 9.17) is 9.47 Å². The van der Waals surface area contributed by atoms with Gasteiger partial charge in [-0.25, -0.2) is 0 Å². The molecule has 164 valence electrons. The molecule has 3 heterocycles. The molecule has 0 N–H and O–H groups in total. The molecule has 0 unspecified atom stereocenters. The Bertz CT molecular complexity index is 1260. The molecule has 0 saturated carbocycles. The van der Waals surface area contributed by atoms with Crippen molar-refractivity contribution >= 4 is 22.5 Å². The van der Waals surface area contributed by atoms with Crippen molar-refractivity contribution in [2.24, 2.45) is 0 Å². The van der Waals surface area contributed by atoms with Crippen LogP contribution in [-0.4, -0.2) is 57.2 Å². The van der Waals surface area contributed by atoms with E-state index >= 15 is 0 Å². The van der Waals surface area contributed by atoms with Gasteiger partial charge in [0.15, 0.2) is 5.65 Å². The number of hydrogen-bond donors (Lipinski definition) is 0. The van der Waals surface area contributed by atoms with Gasteiger partial charge in [-0.05, 0) is 72.2 Å². The Morgan fingerprint density at radius 1 is 1.22 bits per heavy atom. The maximum atomic E-state index is 13.5. The lowest BCUT2D eigenvalue weighted by Crippen LogP contribution is -2.37. The van der Waals surface area contributed by atoms with Crippen LogP contribution < -0.4 is 4.74 Å². The van der Waals surface area contributed by atoms with E-state index in [2.05, 4.69) is 39.8 Å². The minimum absolute atomic E-state index is 0.0346. The predicted octanol–water partition coefficient (Wildman–Crippen LogP) is 3.42. The molecule has 0 radical (unpaired) electrons. The number of carbonyl (C=O) groups is 1. The summed E-state index contributed by atoms with van der Waals surface area (Å²) in [6.45, 7) is 3.69. The lowest BCUT2D eigenvalue weighted by atomic mass is 10.1. The molecule has 0 spiro atoms. The fourth-order valence-corrected chi connectivity index (χ4v) is 4.25. The van der Waals surface area contributed by atoms with Crippen LogP contribution in [0.4, 0.5) is 0 Å². The number of pyridine rings is 1. The van der Waals surface area contributed by atoms with Crippen molar-refractivity contribution in [2.75, 3.05) is 20.3 Å². The zero-order valence-corrected chi connectivity index (χ0v) is 18.2. The van der Waals surface area contributed by atoms with Crippen molar-refractivity contribution < 1.29 is 14.3 Å². The molecule has 1 saturated heterocycles. The van der Waals surface area contributed by atoms with E-state index < -0.39 is 0 Å². The summed E-state index contributed by atoms with van der Waals surface area (Å²) in [6, 6.07) is 15.5. The summed E-state index contributed by atoms with van der Waals surface area (Å²) in [5.74, 6) is 0.658. The first-order chi connectivity index (χ1) is 15.6. The van der Waals surface area contributed by atoms with Crippen LogP contribution >= 0.6 is 0 Å². The Morgan fingerprint density at radius 2 is 2.06 bits per heavy atom. The van der Waals surface area contributed by atoms with Crippen molar-refractivity contribution in [2.45, 2.75) is 32.4 Å². The lowest BCUT2D eigenvalue weighted by molar-refractivity contribution is 0.0508. The highest BCUT2D eigenvalue weighted by molar-refractivity contribution is 5.94. The van der Waals surface area contributed by atoms with Crippen molar-refractivity contribution in [1.82, 2.24) is 24.9 Å². The van der Waals surface area contributed by atoms with E-state index in [1.807, 2.05) is 11.8 Å². The Morgan fingerprint density at radius 3 is 2.81 bits per heavy atom. The summed E-state index contributed by atoms with van der Waals surface area (Å²) in [5.41, 5.74) is 4.24. The number of fused-ring (bicyclic) bond motifs is 3. The Balaban J connectivity index is 1.52. The fraction of sp³-hybridized carbons (Fsp3) is 0.333. The molecule has 2 aromatic carbocycles. The van der Waals surface area contributed by atoms with Crippen LogP contribution in [0.2, 0.25) is 0 Å². The van der Waals surface area contributed by atoms with Crippen LogP contribution in [0.15, 0.2) is 48.5 Å². The van der Waals surface area contributed by atoms with Crippen LogP contribution in [0, 0.1) is 6.92 Å². The number of aromatic nitrogens is 4. The molecule has 4 aromatic rings. The van der Waals surface area contributed by atoms with Gasteiger partial charge in [0.2, 0.25) is 0 Å². The van der Waals surface area contributed by atoms with E-state index in [0.717, 1.165) is 41.5 Å². The highest BCUT2D eigenvalue weighted by Crippen LogP contribution is 2.24. The Kier molecular flexibility index (Phi) is 5.45. The number of aryl methyl sites for hydroxylation is 1. The number of ether oxygens (including phenoxy) is 2. The summed E-state index contributed by atoms with van der Waals surface area (Å²) in [4.78, 5) is 15.3. The fourth-order valence-electron chi connectivity index (χ4n) is 4.25. The Labute approximate surface area is 185 Å². The molecule has 1 atom stereocenters. The average Bonchev–Trinajstić information content (AvgIpc) is 3.51. The average molecular weight is 431 g/mol. The third-order valence-corrected chi connectivity index (χ3v) is 5.93. The van der Waals surface area contributed by atoms with Crippen LogP contribution in [0.25, 0.3) is 16.6 Å². The van der Waals surface area contributed by atoms with Gasteiger partial charge in [-0.3, -0.25) is 4.79 Å². The number of nitrogens with zero attached hydrogens (tertiary/aromatic N) is 5. The summed E-state index contributed by atoms with van der Waals surface area (Å²) in [7, 11) is 1.61. The maximum Gasteiger partial charge on any atom is 0.254 e. The third-order valence-electron chi connectivity index (χ3n) is 5.93. The van der Waals surface area contributed by atoms with E-state index in [-0.39, 0.29) is 12.0 Å². The molecule has 0 aliphatic carbocycles. The minimum Gasteiger partial charge on any atom is -0.497 e. The number of hydrogen-bond acceptors (Lipinski definition) is 6. The van der Waals surface area contributed by atoms with Gasteiger partial charge in [-0.15, -0.1) is 5.10 Å². The van der Waals surface area contributed by atoms with E-state index in [9.17, 15) is 4.79 Å². The van der Waals surface area contributed by atoms with Gasteiger partial charge in [0.05, 0.1) is 18.7 Å².